The number of anilines is 1. The average Bonchev–Trinajstić information content (AvgIpc) is 2.76. The number of rotatable bonds is 8. The Balaban J connectivity index is 1.94. The van der Waals surface area contributed by atoms with E-state index in [0.717, 1.165) is 18.2 Å². The first kappa shape index (κ1) is 24.8. The van der Waals surface area contributed by atoms with E-state index in [-0.39, 0.29) is 17.8 Å². The fourth-order valence-corrected chi connectivity index (χ4v) is 3.35. The summed E-state index contributed by atoms with van der Waals surface area (Å²) in [6.45, 7) is -1.06. The van der Waals surface area contributed by atoms with Crippen molar-refractivity contribution < 1.29 is 40.7 Å². The monoisotopic (exact) mass is 473 g/mol. The van der Waals surface area contributed by atoms with Gasteiger partial charge in [-0.2, -0.15) is 13.2 Å². The number of nitrogens with one attached hydrogen (secondary N) is 3. The minimum Gasteiger partial charge on any atom is -0.468 e. The number of amides is 2. The molecule has 2 rings (SSSR count). The molecule has 0 atom stereocenters. The van der Waals surface area contributed by atoms with Crippen LogP contribution in [-0.4, -0.2) is 46.4 Å². The van der Waals surface area contributed by atoms with Gasteiger partial charge in [0.15, 0.2) is 0 Å². The van der Waals surface area contributed by atoms with Crippen LogP contribution in [0.3, 0.4) is 0 Å². The maximum Gasteiger partial charge on any atom is 0.416 e. The van der Waals surface area contributed by atoms with E-state index in [4.69, 9.17) is 0 Å². The lowest BCUT2D eigenvalue weighted by Gasteiger charge is -2.11. The molecule has 0 aliphatic rings. The second kappa shape index (κ2) is 10.2. The van der Waals surface area contributed by atoms with Gasteiger partial charge in [-0.1, -0.05) is 6.07 Å². The summed E-state index contributed by atoms with van der Waals surface area (Å²) in [7, 11) is -3.19. The van der Waals surface area contributed by atoms with Gasteiger partial charge < -0.3 is 15.4 Å². The third kappa shape index (κ3) is 7.06. The largest absolute Gasteiger partial charge is 0.468 e. The first-order valence-corrected chi connectivity index (χ1v) is 10.3. The van der Waals surface area contributed by atoms with Crippen LogP contribution in [0.25, 0.3) is 0 Å². The maximum absolute atomic E-state index is 12.8. The molecule has 0 saturated carbocycles. The highest BCUT2D eigenvalue weighted by Crippen LogP contribution is 2.30. The van der Waals surface area contributed by atoms with Crippen molar-refractivity contribution in [3.63, 3.8) is 0 Å². The molecule has 0 saturated heterocycles. The molecule has 0 radical (unpaired) electrons. The second-order valence-corrected chi connectivity index (χ2v) is 8.00. The molecule has 172 valence electrons. The van der Waals surface area contributed by atoms with Crippen molar-refractivity contribution in [1.82, 2.24) is 10.0 Å². The van der Waals surface area contributed by atoms with Gasteiger partial charge >= 0.3 is 12.1 Å². The Morgan fingerprint density at radius 3 is 2.25 bits per heavy atom. The summed E-state index contributed by atoms with van der Waals surface area (Å²) in [6, 6.07) is 8.55. The van der Waals surface area contributed by atoms with E-state index in [0.29, 0.717) is 6.07 Å². The van der Waals surface area contributed by atoms with Gasteiger partial charge in [0.25, 0.3) is 5.91 Å². The topological polar surface area (TPSA) is 131 Å². The van der Waals surface area contributed by atoms with Gasteiger partial charge in [-0.05, 0) is 42.5 Å². The molecule has 2 aromatic carbocycles. The molecule has 0 fully saturated rings. The fraction of sp³-hybridized carbons (Fsp3) is 0.211. The summed E-state index contributed by atoms with van der Waals surface area (Å²) < 4.78 is 69.0. The third-order valence-corrected chi connectivity index (χ3v) is 5.35. The van der Waals surface area contributed by atoms with Gasteiger partial charge in [-0.25, -0.2) is 13.1 Å². The smallest absolute Gasteiger partial charge is 0.416 e. The Morgan fingerprint density at radius 1 is 1.00 bits per heavy atom. The highest BCUT2D eigenvalue weighted by atomic mass is 32.2. The van der Waals surface area contributed by atoms with Crippen molar-refractivity contribution in [2.45, 2.75) is 11.1 Å². The zero-order valence-electron chi connectivity index (χ0n) is 16.5. The number of ether oxygens (including phenoxy) is 1. The van der Waals surface area contributed by atoms with Gasteiger partial charge in [0.1, 0.15) is 6.54 Å². The van der Waals surface area contributed by atoms with Crippen molar-refractivity contribution in [2.24, 2.45) is 0 Å². The molecule has 0 spiro atoms. The number of hydrogen-bond acceptors (Lipinski definition) is 6. The van der Waals surface area contributed by atoms with Gasteiger partial charge in [0, 0.05) is 11.3 Å². The molecule has 0 bridgehead atoms. The molecule has 0 aliphatic carbocycles. The van der Waals surface area contributed by atoms with Crippen LogP contribution >= 0.6 is 0 Å². The predicted molar refractivity (Wildman–Crippen MR) is 106 cm³/mol. The lowest BCUT2D eigenvalue weighted by molar-refractivity contribution is -0.139. The van der Waals surface area contributed by atoms with Crippen molar-refractivity contribution in [2.75, 3.05) is 25.5 Å². The molecule has 3 N–H and O–H groups in total. The molecule has 2 aromatic rings. The van der Waals surface area contributed by atoms with Gasteiger partial charge in [-0.15, -0.1) is 0 Å². The highest BCUT2D eigenvalue weighted by molar-refractivity contribution is 7.89. The molecular weight excluding hydrogens is 455 g/mol. The summed E-state index contributed by atoms with van der Waals surface area (Å²) in [5.41, 5.74) is -0.713. The number of esters is 1. The molecule has 0 aliphatic heterocycles. The first-order valence-electron chi connectivity index (χ1n) is 8.84. The Morgan fingerprint density at radius 2 is 1.66 bits per heavy atom. The molecule has 0 unspecified atom stereocenters. The zero-order valence-corrected chi connectivity index (χ0v) is 17.3. The summed E-state index contributed by atoms with van der Waals surface area (Å²) in [6.07, 6.45) is -4.72. The average molecular weight is 473 g/mol. The van der Waals surface area contributed by atoms with Crippen LogP contribution < -0.4 is 15.4 Å². The molecular formula is C19H18F3N3O6S. The zero-order chi connectivity index (χ0) is 23.9. The fourth-order valence-electron chi connectivity index (χ4n) is 2.32. The van der Waals surface area contributed by atoms with E-state index >= 15 is 0 Å². The van der Waals surface area contributed by atoms with E-state index in [2.05, 4.69) is 15.4 Å². The van der Waals surface area contributed by atoms with Crippen LogP contribution in [-0.2, 0) is 30.5 Å². The highest BCUT2D eigenvalue weighted by Gasteiger charge is 2.31. The van der Waals surface area contributed by atoms with Crippen LogP contribution in [0.4, 0.5) is 18.9 Å². The minimum atomic E-state index is -4.72. The van der Waals surface area contributed by atoms with E-state index in [9.17, 15) is 36.0 Å². The van der Waals surface area contributed by atoms with Gasteiger partial charge in [0.2, 0.25) is 15.9 Å². The van der Waals surface area contributed by atoms with Gasteiger partial charge in [0.05, 0.1) is 24.1 Å². The number of carbonyl (C=O) groups is 3. The second-order valence-electron chi connectivity index (χ2n) is 6.23. The lowest BCUT2D eigenvalue weighted by atomic mass is 10.2. The molecule has 0 heterocycles. The van der Waals surface area contributed by atoms with Crippen LogP contribution in [0.5, 0.6) is 0 Å². The number of hydrogen-bond donors (Lipinski definition) is 3. The van der Waals surface area contributed by atoms with Crippen molar-refractivity contribution >= 4 is 33.5 Å². The third-order valence-electron chi connectivity index (χ3n) is 3.95. The summed E-state index contributed by atoms with van der Waals surface area (Å²) in [4.78, 5) is 34.3. The van der Waals surface area contributed by atoms with Crippen molar-refractivity contribution in [3.8, 4) is 0 Å². The Hall–Kier alpha value is -3.45. The number of carbonyl (C=O) groups excluding carboxylic acids is 3. The molecule has 32 heavy (non-hydrogen) atoms. The molecule has 2 amide bonds. The summed E-state index contributed by atoms with van der Waals surface area (Å²) in [5, 5.41) is 4.70. The molecule has 0 aromatic heterocycles. The molecule has 9 nitrogen and oxygen atoms in total. The van der Waals surface area contributed by atoms with Crippen molar-refractivity contribution in [1.29, 1.82) is 0 Å². The SMILES string of the molecule is COC(=O)CNC(=O)c1ccc(NC(=O)CNS(=O)(=O)c2cccc(C(F)(F)F)c2)cc1. The predicted octanol–water partition coefficient (Wildman–Crippen LogP) is 1.53. The van der Waals surface area contributed by atoms with E-state index in [1.54, 1.807) is 0 Å². The Bertz CT molecular complexity index is 1100. The first-order chi connectivity index (χ1) is 14.9. The number of methoxy groups -OCH3 is 1. The summed E-state index contributed by atoms with van der Waals surface area (Å²) in [5.74, 6) is -1.97. The Kier molecular flexibility index (Phi) is 7.94. The van der Waals surface area contributed by atoms with Crippen LogP contribution in [0, 0.1) is 0 Å². The van der Waals surface area contributed by atoms with Crippen LogP contribution in [0.1, 0.15) is 15.9 Å². The normalized spacial score (nSPS) is 11.5. The maximum atomic E-state index is 12.8. The van der Waals surface area contributed by atoms with Crippen LogP contribution in [0.15, 0.2) is 53.4 Å². The standard InChI is InChI=1S/C19H18F3N3O6S/c1-31-17(27)11-23-18(28)12-5-7-14(8-6-12)25-16(26)10-24-32(29,30)15-4-2-3-13(9-15)19(20,21)22/h2-9,24H,10-11H2,1H3,(H,23,28)(H,25,26). The van der Waals surface area contributed by atoms with E-state index < -0.39 is 51.0 Å². The molecule has 13 heteroatoms. The van der Waals surface area contributed by atoms with Crippen molar-refractivity contribution in [3.05, 3.63) is 59.7 Å². The van der Waals surface area contributed by atoms with E-state index in [1.807, 2.05) is 4.72 Å². The summed E-state index contributed by atoms with van der Waals surface area (Å²) >= 11 is 0. The number of sulfonamides is 1. The minimum absolute atomic E-state index is 0.192. The lowest BCUT2D eigenvalue weighted by Crippen LogP contribution is -2.33. The number of alkyl halides is 3. The quantitative estimate of drug-likeness (QED) is 0.499. The number of benzene rings is 2. The van der Waals surface area contributed by atoms with Crippen LogP contribution in [0.2, 0.25) is 0 Å². The number of halogens is 3. The van der Waals surface area contributed by atoms with E-state index in [1.165, 1.54) is 31.4 Å². The van der Waals surface area contributed by atoms with Gasteiger partial charge in [-0.3, -0.25) is 14.4 Å². The Labute approximate surface area is 181 Å².